The Kier molecular flexibility index (Phi) is 5.84. The molecule has 1 aliphatic heterocycles. The van der Waals surface area contributed by atoms with Crippen LogP contribution in [0.15, 0.2) is 48.5 Å². The maximum Gasteiger partial charge on any atom is 0.515 e. The third-order valence-corrected chi connectivity index (χ3v) is 6.59. The number of carboxylic acids is 1. The largest absolute Gasteiger partial charge is 0.515 e. The number of likely N-dealkylation sites (tertiary alicyclic amines) is 1. The Balaban J connectivity index is 1.93. The van der Waals surface area contributed by atoms with E-state index in [9.17, 15) is 24.2 Å². The summed E-state index contributed by atoms with van der Waals surface area (Å²) in [4.78, 5) is 24.9. The van der Waals surface area contributed by atoms with Crippen molar-refractivity contribution in [2.45, 2.75) is 64.3 Å². The number of ether oxygens (including phenoxy) is 1. The number of hydrogen-bond donors (Lipinski definition) is 2. The Bertz CT molecular complexity index is 984. The molecule has 0 bridgehead atoms. The van der Waals surface area contributed by atoms with Crippen LogP contribution in [0.3, 0.4) is 0 Å². The van der Waals surface area contributed by atoms with Crippen molar-refractivity contribution in [1.29, 1.82) is 0 Å². The first kappa shape index (κ1) is 22.7. The number of nitrogens with zero attached hydrogens (tertiary/aromatic N) is 1. The monoisotopic (exact) mass is 430 g/mol. The van der Waals surface area contributed by atoms with Gasteiger partial charge in [-0.3, -0.25) is 0 Å². The number of rotatable bonds is 5. The second-order valence-corrected chi connectivity index (χ2v) is 9.26. The Morgan fingerprint density at radius 3 is 2.26 bits per heavy atom. The minimum atomic E-state index is -1.46. The average molecular weight is 430 g/mol. The first-order valence-corrected chi connectivity index (χ1v) is 10.3. The number of aliphatic carboxylic acids is 1. The van der Waals surface area contributed by atoms with Gasteiger partial charge in [0, 0.05) is 30.9 Å². The number of hydrogen-bond acceptors (Lipinski definition) is 3. The summed E-state index contributed by atoms with van der Waals surface area (Å²) in [5.41, 5.74) is -1.15. The minimum absolute atomic E-state index is 0.0731. The van der Waals surface area contributed by atoms with Gasteiger partial charge in [-0.1, -0.05) is 18.2 Å². The van der Waals surface area contributed by atoms with Gasteiger partial charge in [-0.15, -0.1) is 0 Å². The zero-order valence-electron chi connectivity index (χ0n) is 18.3. The van der Waals surface area contributed by atoms with Crippen LogP contribution in [0.1, 0.15) is 57.7 Å². The molecule has 3 rings (SSSR count). The molecular weight excluding hydrogens is 401 g/mol. The fourth-order valence-corrected chi connectivity index (χ4v) is 5.18. The third-order valence-electron chi connectivity index (χ3n) is 6.59. The number of carboxylic acid groups (broad SMARTS) is 2. The Labute approximate surface area is 181 Å². The highest BCUT2D eigenvalue weighted by Crippen LogP contribution is 2.55. The van der Waals surface area contributed by atoms with Crippen molar-refractivity contribution in [2.24, 2.45) is 0 Å². The number of quaternary nitrogens is 1. The van der Waals surface area contributed by atoms with Crippen LogP contribution >= 0.6 is 0 Å². The van der Waals surface area contributed by atoms with Gasteiger partial charge < -0.3 is 14.9 Å². The summed E-state index contributed by atoms with van der Waals surface area (Å²) < 4.78 is 18.9. The van der Waals surface area contributed by atoms with Crippen molar-refractivity contribution >= 4 is 12.1 Å². The lowest BCUT2D eigenvalue weighted by atomic mass is 9.88. The van der Waals surface area contributed by atoms with Gasteiger partial charge in [0.1, 0.15) is 29.8 Å². The van der Waals surface area contributed by atoms with Crippen LogP contribution in [-0.2, 0) is 11.4 Å². The van der Waals surface area contributed by atoms with E-state index in [2.05, 4.69) is 0 Å². The summed E-state index contributed by atoms with van der Waals surface area (Å²) in [5, 5.41) is 20.4. The molecule has 31 heavy (non-hydrogen) atoms. The summed E-state index contributed by atoms with van der Waals surface area (Å²) in [7, 11) is 0. The zero-order chi connectivity index (χ0) is 23.0. The van der Waals surface area contributed by atoms with Crippen molar-refractivity contribution in [3.63, 3.8) is 0 Å². The lowest BCUT2D eigenvalue weighted by molar-refractivity contribution is -0.954. The average Bonchev–Trinajstić information content (AvgIpc) is 3.03. The summed E-state index contributed by atoms with van der Waals surface area (Å²) >= 11 is 0. The lowest BCUT2D eigenvalue weighted by Crippen LogP contribution is -2.73. The molecule has 7 heteroatoms. The molecule has 1 heterocycles. The summed E-state index contributed by atoms with van der Waals surface area (Å²) in [6.45, 7) is 6.91. The summed E-state index contributed by atoms with van der Waals surface area (Å²) in [6, 6.07) is 12.8. The van der Waals surface area contributed by atoms with Crippen LogP contribution in [0.4, 0.5) is 9.18 Å². The van der Waals surface area contributed by atoms with E-state index in [1.807, 2.05) is 0 Å². The molecule has 2 aromatic carbocycles. The van der Waals surface area contributed by atoms with Gasteiger partial charge in [0.15, 0.2) is 0 Å². The molecule has 1 fully saturated rings. The normalized spacial score (nSPS) is 25.9. The smallest absolute Gasteiger partial charge is 0.489 e. The zero-order valence-corrected chi connectivity index (χ0v) is 18.3. The van der Waals surface area contributed by atoms with Crippen LogP contribution in [0.25, 0.3) is 0 Å². The summed E-state index contributed by atoms with van der Waals surface area (Å²) in [6.07, 6.45) is -0.469. The second-order valence-electron chi connectivity index (χ2n) is 9.26. The van der Waals surface area contributed by atoms with Gasteiger partial charge in [0.2, 0.25) is 5.54 Å². The van der Waals surface area contributed by atoms with E-state index in [4.69, 9.17) is 4.74 Å². The van der Waals surface area contributed by atoms with Crippen molar-refractivity contribution in [3.05, 3.63) is 65.5 Å². The molecule has 166 valence electrons. The molecule has 1 aliphatic rings. The summed E-state index contributed by atoms with van der Waals surface area (Å²) in [5.74, 6) is -0.931. The van der Waals surface area contributed by atoms with Crippen LogP contribution in [0.2, 0.25) is 0 Å². The molecule has 3 atom stereocenters. The van der Waals surface area contributed by atoms with Gasteiger partial charge >= 0.3 is 12.1 Å². The van der Waals surface area contributed by atoms with Gasteiger partial charge in [-0.05, 0) is 51.1 Å². The number of carbonyl (C=O) groups is 2. The van der Waals surface area contributed by atoms with Crippen LogP contribution < -0.4 is 4.74 Å². The van der Waals surface area contributed by atoms with Crippen molar-refractivity contribution < 1.29 is 33.4 Å². The highest BCUT2D eigenvalue weighted by atomic mass is 19.1. The molecule has 2 aromatic rings. The van der Waals surface area contributed by atoms with Gasteiger partial charge in [0.05, 0.1) is 0 Å². The van der Waals surface area contributed by atoms with Gasteiger partial charge in [0.25, 0.3) is 0 Å². The van der Waals surface area contributed by atoms with Crippen molar-refractivity contribution in [1.82, 2.24) is 0 Å². The van der Waals surface area contributed by atoms with E-state index in [0.29, 0.717) is 17.7 Å². The first-order chi connectivity index (χ1) is 14.4. The quantitative estimate of drug-likeness (QED) is 0.623. The SMILES string of the molecule is CC(C)(C)[N+]1(C(=O)O)[C@@H](c2ccc(OCc3ccccc3F)cc2)CC[C@@]1(C)C(=O)O. The molecule has 6 nitrogen and oxygen atoms in total. The Morgan fingerprint density at radius 1 is 1.13 bits per heavy atom. The van der Waals surface area contributed by atoms with Gasteiger partial charge in [-0.2, -0.15) is 9.28 Å². The minimum Gasteiger partial charge on any atom is -0.489 e. The lowest BCUT2D eigenvalue weighted by Gasteiger charge is -2.51. The van der Waals surface area contributed by atoms with E-state index in [1.165, 1.54) is 13.0 Å². The fourth-order valence-electron chi connectivity index (χ4n) is 5.18. The highest BCUT2D eigenvalue weighted by molar-refractivity contribution is 5.80. The number of benzene rings is 2. The van der Waals surface area contributed by atoms with E-state index >= 15 is 0 Å². The molecular formula is C24H29FNO5+. The van der Waals surface area contributed by atoms with E-state index < -0.39 is 33.7 Å². The first-order valence-electron chi connectivity index (χ1n) is 10.3. The molecule has 0 aliphatic carbocycles. The molecule has 0 aromatic heterocycles. The Hall–Kier alpha value is -2.93. The van der Waals surface area contributed by atoms with Crippen LogP contribution in [-0.4, -0.2) is 37.8 Å². The predicted molar refractivity (Wildman–Crippen MR) is 113 cm³/mol. The topological polar surface area (TPSA) is 83.8 Å². The molecule has 1 amide bonds. The van der Waals surface area contributed by atoms with E-state index in [-0.39, 0.29) is 18.8 Å². The van der Waals surface area contributed by atoms with E-state index in [1.54, 1.807) is 63.2 Å². The second kappa shape index (κ2) is 7.96. The number of amides is 1. The molecule has 1 saturated heterocycles. The third kappa shape index (κ3) is 3.57. The molecule has 0 saturated carbocycles. The van der Waals surface area contributed by atoms with Crippen molar-refractivity contribution in [3.8, 4) is 5.75 Å². The predicted octanol–water partition coefficient (Wildman–Crippen LogP) is 5.38. The maximum atomic E-state index is 13.8. The highest BCUT2D eigenvalue weighted by Gasteiger charge is 2.71. The maximum absolute atomic E-state index is 13.8. The standard InChI is InChI=1S/C24H28FNO5/c1-23(2,3)26(22(29)30)20(13-14-24(26,4)21(27)28)16-9-11-18(12-10-16)31-15-17-7-5-6-8-19(17)25/h5-12,20H,13-15H2,1-4H3,(H-,27,28,29,30)/p+1/t20-,24+,26?/m1/s1. The molecule has 0 radical (unpaired) electrons. The van der Waals surface area contributed by atoms with E-state index in [0.717, 1.165) is 5.56 Å². The molecule has 0 spiro atoms. The molecule has 1 unspecified atom stereocenters. The van der Waals surface area contributed by atoms with Crippen LogP contribution in [0, 0.1) is 5.82 Å². The van der Waals surface area contributed by atoms with Crippen LogP contribution in [0.5, 0.6) is 5.75 Å². The van der Waals surface area contributed by atoms with Gasteiger partial charge in [-0.25, -0.2) is 9.18 Å². The number of halogens is 1. The Morgan fingerprint density at radius 2 is 1.74 bits per heavy atom. The van der Waals surface area contributed by atoms with Crippen molar-refractivity contribution in [2.75, 3.05) is 0 Å². The fraction of sp³-hybridized carbons (Fsp3) is 0.417. The molecule has 2 N–H and O–H groups in total.